The van der Waals surface area contributed by atoms with Gasteiger partial charge in [-0.3, -0.25) is 9.59 Å². The number of aromatic amines is 1. The van der Waals surface area contributed by atoms with Gasteiger partial charge in [-0.25, -0.2) is 0 Å². The predicted octanol–water partition coefficient (Wildman–Crippen LogP) is 3.44. The SMILES string of the molecule is CC(C)COc1ccc(-c2nnc(CCC(=O)Nc3ccccc3)c(=O)[nH]2)cc1. The van der Waals surface area contributed by atoms with Gasteiger partial charge in [0.15, 0.2) is 5.82 Å². The Kier molecular flexibility index (Phi) is 6.73. The molecule has 3 aromatic rings. The van der Waals surface area contributed by atoms with Crippen molar-refractivity contribution < 1.29 is 9.53 Å². The number of nitrogens with one attached hydrogen (secondary N) is 2. The lowest BCUT2D eigenvalue weighted by Gasteiger charge is -2.09. The topological polar surface area (TPSA) is 97.0 Å². The first-order chi connectivity index (χ1) is 14.0. The van der Waals surface area contributed by atoms with Crippen LogP contribution in [0.4, 0.5) is 5.69 Å². The number of anilines is 1. The number of amides is 1. The number of aryl methyl sites for hydroxylation is 1. The number of aromatic nitrogens is 3. The zero-order chi connectivity index (χ0) is 20.6. The summed E-state index contributed by atoms with van der Waals surface area (Å²) < 4.78 is 5.65. The van der Waals surface area contributed by atoms with Gasteiger partial charge in [0, 0.05) is 24.1 Å². The van der Waals surface area contributed by atoms with E-state index in [1.54, 1.807) is 12.1 Å². The zero-order valence-electron chi connectivity index (χ0n) is 16.5. The lowest BCUT2D eigenvalue weighted by Crippen LogP contribution is -2.20. The Labute approximate surface area is 169 Å². The molecule has 3 rings (SSSR count). The van der Waals surface area contributed by atoms with E-state index in [0.717, 1.165) is 11.3 Å². The maximum absolute atomic E-state index is 12.3. The van der Waals surface area contributed by atoms with Crippen LogP contribution in [0.15, 0.2) is 59.4 Å². The van der Waals surface area contributed by atoms with Crippen molar-refractivity contribution in [2.24, 2.45) is 5.92 Å². The number of hydrogen-bond donors (Lipinski definition) is 2. The maximum atomic E-state index is 12.3. The van der Waals surface area contributed by atoms with Crippen LogP contribution in [0.3, 0.4) is 0 Å². The largest absolute Gasteiger partial charge is 0.493 e. The normalized spacial score (nSPS) is 10.7. The fourth-order valence-electron chi connectivity index (χ4n) is 2.60. The Balaban J connectivity index is 1.59. The molecule has 150 valence electrons. The van der Waals surface area contributed by atoms with Gasteiger partial charge in [0.2, 0.25) is 5.91 Å². The molecule has 1 aromatic heterocycles. The van der Waals surface area contributed by atoms with Crippen molar-refractivity contribution in [3.05, 3.63) is 70.6 Å². The van der Waals surface area contributed by atoms with Crippen molar-refractivity contribution in [1.29, 1.82) is 0 Å². The van der Waals surface area contributed by atoms with E-state index in [-0.39, 0.29) is 30.0 Å². The maximum Gasteiger partial charge on any atom is 0.273 e. The number of H-pyrrole nitrogens is 1. The Morgan fingerprint density at radius 3 is 2.45 bits per heavy atom. The minimum absolute atomic E-state index is 0.147. The highest BCUT2D eigenvalue weighted by Crippen LogP contribution is 2.18. The molecule has 0 saturated carbocycles. The molecular weight excluding hydrogens is 368 g/mol. The number of benzene rings is 2. The summed E-state index contributed by atoms with van der Waals surface area (Å²) in [4.78, 5) is 27.1. The van der Waals surface area contributed by atoms with Gasteiger partial charge in [0.25, 0.3) is 5.56 Å². The molecule has 0 bridgehead atoms. The average molecular weight is 392 g/mol. The number of hydrogen-bond acceptors (Lipinski definition) is 5. The van der Waals surface area contributed by atoms with Crippen molar-refractivity contribution in [3.8, 4) is 17.1 Å². The van der Waals surface area contributed by atoms with Crippen molar-refractivity contribution in [1.82, 2.24) is 15.2 Å². The summed E-state index contributed by atoms with van der Waals surface area (Å²) in [6, 6.07) is 16.5. The van der Waals surface area contributed by atoms with Crippen LogP contribution < -0.4 is 15.6 Å². The third-order valence-corrected chi connectivity index (χ3v) is 4.12. The minimum Gasteiger partial charge on any atom is -0.493 e. The van der Waals surface area contributed by atoms with Gasteiger partial charge < -0.3 is 15.0 Å². The highest BCUT2D eigenvalue weighted by atomic mass is 16.5. The quantitative estimate of drug-likeness (QED) is 0.612. The van der Waals surface area contributed by atoms with Crippen LogP contribution in [0.2, 0.25) is 0 Å². The summed E-state index contributed by atoms with van der Waals surface area (Å²) in [5.41, 5.74) is 1.34. The summed E-state index contributed by atoms with van der Waals surface area (Å²) in [6.07, 6.45) is 0.358. The highest BCUT2D eigenvalue weighted by Gasteiger charge is 2.10. The van der Waals surface area contributed by atoms with Gasteiger partial charge in [-0.2, -0.15) is 0 Å². The van der Waals surface area contributed by atoms with E-state index in [1.807, 2.05) is 42.5 Å². The van der Waals surface area contributed by atoms with Gasteiger partial charge in [0.05, 0.1) is 6.61 Å². The molecule has 0 atom stereocenters. The van der Waals surface area contributed by atoms with Crippen LogP contribution in [0.5, 0.6) is 5.75 Å². The van der Waals surface area contributed by atoms with Crippen LogP contribution in [0, 0.1) is 5.92 Å². The first kappa shape index (κ1) is 20.3. The molecule has 2 N–H and O–H groups in total. The Hall–Kier alpha value is -3.48. The predicted molar refractivity (Wildman–Crippen MR) is 112 cm³/mol. The molecule has 0 unspecified atom stereocenters. The first-order valence-corrected chi connectivity index (χ1v) is 9.55. The van der Waals surface area contributed by atoms with Crippen LogP contribution in [0.25, 0.3) is 11.4 Å². The van der Waals surface area contributed by atoms with Crippen molar-refractivity contribution in [2.75, 3.05) is 11.9 Å². The molecule has 29 heavy (non-hydrogen) atoms. The van der Waals surface area contributed by atoms with E-state index in [0.29, 0.717) is 24.0 Å². The van der Waals surface area contributed by atoms with Crippen LogP contribution in [-0.4, -0.2) is 27.7 Å². The van der Waals surface area contributed by atoms with Gasteiger partial charge in [0.1, 0.15) is 11.4 Å². The second-order valence-corrected chi connectivity index (χ2v) is 7.09. The van der Waals surface area contributed by atoms with Crippen LogP contribution in [0.1, 0.15) is 26.0 Å². The summed E-state index contributed by atoms with van der Waals surface area (Å²) in [5.74, 6) is 1.40. The number of carbonyl (C=O) groups is 1. The molecule has 0 aliphatic carbocycles. The molecule has 0 spiro atoms. The number of ether oxygens (including phenoxy) is 1. The van der Waals surface area contributed by atoms with Crippen molar-refractivity contribution >= 4 is 11.6 Å². The molecule has 0 aliphatic rings. The number of carbonyl (C=O) groups excluding carboxylic acids is 1. The summed E-state index contributed by atoms with van der Waals surface area (Å²) in [5, 5.41) is 10.9. The van der Waals surface area contributed by atoms with Crippen molar-refractivity contribution in [2.45, 2.75) is 26.7 Å². The third-order valence-electron chi connectivity index (χ3n) is 4.12. The van der Waals surface area contributed by atoms with Gasteiger partial charge in [-0.15, -0.1) is 10.2 Å². The molecule has 0 fully saturated rings. The van der Waals surface area contributed by atoms with Gasteiger partial charge in [-0.05, 0) is 42.3 Å². The summed E-state index contributed by atoms with van der Waals surface area (Å²) in [6.45, 7) is 4.81. The van der Waals surface area contributed by atoms with E-state index in [1.165, 1.54) is 0 Å². The summed E-state index contributed by atoms with van der Waals surface area (Å²) >= 11 is 0. The molecule has 7 heteroatoms. The standard InChI is InChI=1S/C22H24N4O3/c1-15(2)14-29-18-10-8-16(9-11-18)21-24-22(28)19(25-26-21)12-13-20(27)23-17-6-4-3-5-7-17/h3-11,15H,12-14H2,1-2H3,(H,23,27)(H,24,26,28). The zero-order valence-corrected chi connectivity index (χ0v) is 16.5. The second-order valence-electron chi connectivity index (χ2n) is 7.09. The lowest BCUT2D eigenvalue weighted by atomic mass is 10.2. The average Bonchev–Trinajstić information content (AvgIpc) is 2.72. The molecule has 0 aliphatic heterocycles. The van der Waals surface area contributed by atoms with E-state index in [2.05, 4.69) is 34.3 Å². The van der Waals surface area contributed by atoms with Crippen LogP contribution in [-0.2, 0) is 11.2 Å². The molecule has 2 aromatic carbocycles. The summed E-state index contributed by atoms with van der Waals surface area (Å²) in [7, 11) is 0. The number of rotatable bonds is 8. The molecule has 0 radical (unpaired) electrons. The highest BCUT2D eigenvalue weighted by molar-refractivity contribution is 5.90. The van der Waals surface area contributed by atoms with E-state index >= 15 is 0 Å². The Morgan fingerprint density at radius 1 is 1.07 bits per heavy atom. The van der Waals surface area contributed by atoms with Gasteiger partial charge >= 0.3 is 0 Å². The minimum atomic E-state index is -0.345. The number of para-hydroxylation sites is 1. The molecule has 1 heterocycles. The number of nitrogens with zero attached hydrogens (tertiary/aromatic N) is 2. The first-order valence-electron chi connectivity index (χ1n) is 9.55. The molecule has 1 amide bonds. The second kappa shape index (κ2) is 9.64. The van der Waals surface area contributed by atoms with Crippen molar-refractivity contribution in [3.63, 3.8) is 0 Å². The van der Waals surface area contributed by atoms with Gasteiger partial charge in [-0.1, -0.05) is 32.0 Å². The Morgan fingerprint density at radius 2 is 1.79 bits per heavy atom. The smallest absolute Gasteiger partial charge is 0.273 e. The third kappa shape index (κ3) is 6.00. The van der Waals surface area contributed by atoms with E-state index in [4.69, 9.17) is 4.74 Å². The van der Waals surface area contributed by atoms with E-state index < -0.39 is 0 Å². The lowest BCUT2D eigenvalue weighted by molar-refractivity contribution is -0.116. The fourth-order valence-corrected chi connectivity index (χ4v) is 2.60. The molecule has 7 nitrogen and oxygen atoms in total. The van der Waals surface area contributed by atoms with Crippen LogP contribution >= 0.6 is 0 Å². The molecular formula is C22H24N4O3. The Bertz CT molecular complexity index is 999. The van der Waals surface area contributed by atoms with E-state index in [9.17, 15) is 9.59 Å². The molecule has 0 saturated heterocycles. The fraction of sp³-hybridized carbons (Fsp3) is 0.273. The monoisotopic (exact) mass is 392 g/mol.